The van der Waals surface area contributed by atoms with Gasteiger partial charge in [0.25, 0.3) is 0 Å². The largest absolute Gasteiger partial charge is 0.351 e. The van der Waals surface area contributed by atoms with E-state index in [-0.39, 0.29) is 17.9 Å². The zero-order chi connectivity index (χ0) is 16.5. The van der Waals surface area contributed by atoms with Gasteiger partial charge in [-0.15, -0.1) is 11.3 Å². The number of nitrogens with one attached hydrogen (secondary N) is 1. The zero-order valence-corrected chi connectivity index (χ0v) is 15.0. The minimum Gasteiger partial charge on any atom is -0.351 e. The van der Waals surface area contributed by atoms with Gasteiger partial charge in [-0.3, -0.25) is 4.79 Å². The normalized spacial score (nSPS) is 25.4. The molecule has 1 unspecified atom stereocenters. The number of carbonyl (C=O) groups excluding carboxylic acids is 1. The molecule has 128 valence electrons. The first-order valence-electron chi connectivity index (χ1n) is 9.06. The fourth-order valence-electron chi connectivity index (χ4n) is 3.83. The van der Waals surface area contributed by atoms with E-state index >= 15 is 0 Å². The van der Waals surface area contributed by atoms with Crippen molar-refractivity contribution in [2.24, 2.45) is 11.8 Å². The summed E-state index contributed by atoms with van der Waals surface area (Å²) in [6, 6.07) is 4.85. The van der Waals surface area contributed by atoms with Crippen LogP contribution in [0, 0.1) is 18.8 Å². The number of hydrogen-bond donors (Lipinski definition) is 1. The monoisotopic (exact) mass is 343 g/mol. The van der Waals surface area contributed by atoms with Crippen molar-refractivity contribution in [2.45, 2.75) is 57.5 Å². The van der Waals surface area contributed by atoms with Crippen LogP contribution in [0.5, 0.6) is 0 Å². The van der Waals surface area contributed by atoms with Crippen molar-refractivity contribution in [1.29, 1.82) is 0 Å². The standard InChI is InChI=1S/C19H25N3OS/c1-13-12-20-19(24-13)17(14-4-5-14)21-18(23)15-6-8-16(9-7-15)22-10-2-3-11-22/h2-3,10-12,14-17H,4-9H2,1H3,(H,21,23). The molecular weight excluding hydrogens is 318 g/mol. The third-order valence-electron chi connectivity index (χ3n) is 5.41. The van der Waals surface area contributed by atoms with E-state index in [4.69, 9.17) is 0 Å². The van der Waals surface area contributed by atoms with Crippen LogP contribution in [-0.2, 0) is 4.79 Å². The molecule has 2 heterocycles. The molecule has 0 bridgehead atoms. The van der Waals surface area contributed by atoms with Crippen LogP contribution in [0.4, 0.5) is 0 Å². The number of thiazole rings is 1. The van der Waals surface area contributed by atoms with Gasteiger partial charge in [0.2, 0.25) is 5.91 Å². The molecule has 0 spiro atoms. The van der Waals surface area contributed by atoms with Crippen molar-refractivity contribution in [3.8, 4) is 0 Å². The Morgan fingerprint density at radius 1 is 1.21 bits per heavy atom. The molecule has 0 radical (unpaired) electrons. The molecule has 4 rings (SSSR count). The van der Waals surface area contributed by atoms with Crippen molar-refractivity contribution in [2.75, 3.05) is 0 Å². The summed E-state index contributed by atoms with van der Waals surface area (Å²) < 4.78 is 2.29. The summed E-state index contributed by atoms with van der Waals surface area (Å²) in [7, 11) is 0. The zero-order valence-electron chi connectivity index (χ0n) is 14.1. The van der Waals surface area contributed by atoms with Crippen LogP contribution in [-0.4, -0.2) is 15.5 Å². The highest BCUT2D eigenvalue weighted by molar-refractivity contribution is 7.11. The van der Waals surface area contributed by atoms with E-state index in [0.717, 1.165) is 30.7 Å². The Hall–Kier alpha value is -1.62. The lowest BCUT2D eigenvalue weighted by Crippen LogP contribution is -2.36. The Morgan fingerprint density at radius 3 is 2.50 bits per heavy atom. The van der Waals surface area contributed by atoms with E-state index in [1.54, 1.807) is 11.3 Å². The van der Waals surface area contributed by atoms with Crippen LogP contribution in [0.2, 0.25) is 0 Å². The van der Waals surface area contributed by atoms with Crippen LogP contribution in [0.25, 0.3) is 0 Å². The van der Waals surface area contributed by atoms with Gasteiger partial charge in [-0.25, -0.2) is 4.98 Å². The summed E-state index contributed by atoms with van der Waals surface area (Å²) in [5.74, 6) is 1.00. The molecule has 2 fully saturated rings. The maximum absolute atomic E-state index is 12.8. The Balaban J connectivity index is 1.36. The van der Waals surface area contributed by atoms with Gasteiger partial charge in [0.15, 0.2) is 0 Å². The van der Waals surface area contributed by atoms with E-state index in [9.17, 15) is 4.79 Å². The number of carbonyl (C=O) groups is 1. The molecule has 5 heteroatoms. The molecule has 2 saturated carbocycles. The van der Waals surface area contributed by atoms with Gasteiger partial charge in [-0.1, -0.05) is 0 Å². The third kappa shape index (κ3) is 3.41. The molecule has 0 aliphatic heterocycles. The smallest absolute Gasteiger partial charge is 0.223 e. The molecule has 1 amide bonds. The van der Waals surface area contributed by atoms with Crippen molar-refractivity contribution in [1.82, 2.24) is 14.9 Å². The molecule has 24 heavy (non-hydrogen) atoms. The first-order chi connectivity index (χ1) is 11.7. The maximum Gasteiger partial charge on any atom is 0.223 e. The summed E-state index contributed by atoms with van der Waals surface area (Å²) in [6.07, 6.45) is 12.8. The molecule has 0 saturated heterocycles. The highest BCUT2D eigenvalue weighted by Gasteiger charge is 2.37. The van der Waals surface area contributed by atoms with Crippen LogP contribution in [0.3, 0.4) is 0 Å². The van der Waals surface area contributed by atoms with Gasteiger partial charge < -0.3 is 9.88 Å². The Bertz CT molecular complexity index is 681. The van der Waals surface area contributed by atoms with Gasteiger partial charge in [0.1, 0.15) is 5.01 Å². The summed E-state index contributed by atoms with van der Waals surface area (Å²) in [5.41, 5.74) is 0. The minimum atomic E-state index is 0.137. The van der Waals surface area contributed by atoms with Crippen LogP contribution in [0.15, 0.2) is 30.7 Å². The minimum absolute atomic E-state index is 0.137. The molecule has 2 aromatic rings. The van der Waals surface area contributed by atoms with Gasteiger partial charge in [0.05, 0.1) is 6.04 Å². The Morgan fingerprint density at radius 2 is 1.92 bits per heavy atom. The van der Waals surface area contributed by atoms with Gasteiger partial charge >= 0.3 is 0 Å². The summed E-state index contributed by atoms with van der Waals surface area (Å²) >= 11 is 1.72. The van der Waals surface area contributed by atoms with Crippen LogP contribution in [0.1, 0.15) is 60.5 Å². The van der Waals surface area contributed by atoms with E-state index in [0.29, 0.717) is 12.0 Å². The molecule has 2 aliphatic rings. The molecule has 0 aromatic carbocycles. The third-order valence-corrected chi connectivity index (χ3v) is 6.41. The molecule has 2 aromatic heterocycles. The van der Waals surface area contributed by atoms with E-state index < -0.39 is 0 Å². The first-order valence-corrected chi connectivity index (χ1v) is 9.87. The highest BCUT2D eigenvalue weighted by Crippen LogP contribution is 2.42. The topological polar surface area (TPSA) is 46.9 Å². The van der Waals surface area contributed by atoms with Crippen molar-refractivity contribution in [3.63, 3.8) is 0 Å². The van der Waals surface area contributed by atoms with Crippen molar-refractivity contribution in [3.05, 3.63) is 40.6 Å². The fraction of sp³-hybridized carbons (Fsp3) is 0.579. The summed E-state index contributed by atoms with van der Waals surface area (Å²) in [4.78, 5) is 18.5. The van der Waals surface area contributed by atoms with Crippen LogP contribution < -0.4 is 5.32 Å². The highest BCUT2D eigenvalue weighted by atomic mass is 32.1. The lowest BCUT2D eigenvalue weighted by molar-refractivity contribution is -0.127. The fourth-order valence-corrected chi connectivity index (χ4v) is 4.74. The average Bonchev–Trinajstić information content (AvgIpc) is 3.10. The average molecular weight is 343 g/mol. The predicted octanol–water partition coefficient (Wildman–Crippen LogP) is 4.25. The number of aromatic nitrogens is 2. The van der Waals surface area contributed by atoms with Crippen molar-refractivity contribution < 1.29 is 4.79 Å². The molecule has 2 aliphatic carbocycles. The van der Waals surface area contributed by atoms with Gasteiger partial charge in [-0.2, -0.15) is 0 Å². The van der Waals surface area contributed by atoms with Crippen LogP contribution >= 0.6 is 11.3 Å². The van der Waals surface area contributed by atoms with Gasteiger partial charge in [0, 0.05) is 35.4 Å². The number of rotatable bonds is 5. The predicted molar refractivity (Wildman–Crippen MR) is 95.9 cm³/mol. The number of amides is 1. The maximum atomic E-state index is 12.8. The van der Waals surface area contributed by atoms with Crippen molar-refractivity contribution >= 4 is 17.2 Å². The van der Waals surface area contributed by atoms with E-state index in [1.165, 1.54) is 17.7 Å². The first kappa shape index (κ1) is 15.9. The van der Waals surface area contributed by atoms with E-state index in [1.807, 2.05) is 6.20 Å². The Kier molecular flexibility index (Phi) is 4.44. The summed E-state index contributed by atoms with van der Waals surface area (Å²) in [6.45, 7) is 2.08. The SMILES string of the molecule is Cc1cnc(C(NC(=O)C2CCC(n3cccc3)CC2)C2CC2)s1. The number of aryl methyl sites for hydroxylation is 1. The summed E-state index contributed by atoms with van der Waals surface area (Å²) in [5, 5.41) is 4.42. The second-order valence-electron chi connectivity index (χ2n) is 7.27. The van der Waals surface area contributed by atoms with E-state index in [2.05, 4.69) is 46.3 Å². The lowest BCUT2D eigenvalue weighted by Gasteiger charge is -2.30. The molecule has 1 atom stereocenters. The quantitative estimate of drug-likeness (QED) is 0.882. The number of hydrogen-bond acceptors (Lipinski definition) is 3. The Labute approximate surface area is 147 Å². The second kappa shape index (κ2) is 6.71. The lowest BCUT2D eigenvalue weighted by atomic mass is 9.85. The number of nitrogens with zero attached hydrogens (tertiary/aromatic N) is 2. The second-order valence-corrected chi connectivity index (χ2v) is 8.53. The molecule has 1 N–H and O–H groups in total. The molecular formula is C19H25N3OS. The molecule has 4 nitrogen and oxygen atoms in total. The van der Waals surface area contributed by atoms with Gasteiger partial charge in [-0.05, 0) is 63.5 Å².